The first-order valence-electron chi connectivity index (χ1n) is 16.4. The molecule has 0 saturated carbocycles. The van der Waals surface area contributed by atoms with Crippen LogP contribution in [0.15, 0.2) is 30.3 Å². The molecule has 0 aromatic heterocycles. The topological polar surface area (TPSA) is 316 Å². The number of rotatable bonds is 20. The minimum atomic E-state index is -1.63. The third-order valence-electron chi connectivity index (χ3n) is 7.91. The molecule has 1 heterocycles. The van der Waals surface area contributed by atoms with Crippen molar-refractivity contribution in [3.05, 3.63) is 35.9 Å². The van der Waals surface area contributed by atoms with Crippen LogP contribution in [-0.4, -0.2) is 137 Å². The molecule has 0 unspecified atom stereocenters. The zero-order chi connectivity index (χ0) is 39.0. The number of amides is 7. The average Bonchev–Trinajstić information content (AvgIpc) is 3.60. The number of carboxylic acid groups (broad SMARTS) is 2. The molecular weight excluding hydrogens is 688 g/mol. The van der Waals surface area contributed by atoms with Gasteiger partial charge in [0.2, 0.25) is 41.4 Å². The third-order valence-corrected chi connectivity index (χ3v) is 7.91. The number of benzene rings is 1. The van der Waals surface area contributed by atoms with E-state index in [4.69, 9.17) is 10.8 Å². The molecule has 11 N–H and O–H groups in total. The van der Waals surface area contributed by atoms with E-state index in [1.54, 1.807) is 44.2 Å². The lowest BCUT2D eigenvalue weighted by Crippen LogP contribution is -2.57. The van der Waals surface area contributed by atoms with E-state index in [-0.39, 0.29) is 19.4 Å². The van der Waals surface area contributed by atoms with Gasteiger partial charge in [-0.25, -0.2) is 4.79 Å². The Morgan fingerprint density at radius 3 is 2.04 bits per heavy atom. The van der Waals surface area contributed by atoms with E-state index in [9.17, 15) is 53.4 Å². The summed E-state index contributed by atoms with van der Waals surface area (Å²) in [7, 11) is 0. The smallest absolute Gasteiger partial charge is 0.326 e. The maximum absolute atomic E-state index is 13.4. The fraction of sp³-hybridized carbons (Fsp3) is 0.531. The molecule has 1 aliphatic rings. The summed E-state index contributed by atoms with van der Waals surface area (Å²) in [6.07, 6.45) is -0.111. The van der Waals surface area contributed by atoms with Crippen LogP contribution in [0.1, 0.15) is 38.7 Å². The SMILES string of the molecule is CC(C)[C@H](NC(=O)[C@H](Cc1ccccc1)NC(=O)[C@@H]1CCCN1C(=O)CNC(=O)CNC(=O)[C@H](CO)NC(=O)[C@H](CC(=O)O)NC(=O)CN)C(=O)O. The molecule has 2 rings (SSSR count). The van der Waals surface area contributed by atoms with Crippen LogP contribution < -0.4 is 37.6 Å². The van der Waals surface area contributed by atoms with Crippen molar-refractivity contribution < 1.29 is 58.5 Å². The summed E-state index contributed by atoms with van der Waals surface area (Å²) < 4.78 is 0. The van der Waals surface area contributed by atoms with Crippen LogP contribution in [0, 0.1) is 5.92 Å². The highest BCUT2D eigenvalue weighted by Gasteiger charge is 2.37. The molecule has 1 saturated heterocycles. The first-order valence-corrected chi connectivity index (χ1v) is 16.4. The van der Waals surface area contributed by atoms with Gasteiger partial charge in [-0.3, -0.25) is 38.4 Å². The van der Waals surface area contributed by atoms with E-state index < -0.39 is 122 Å². The number of nitrogens with zero attached hydrogens (tertiary/aromatic N) is 1. The number of carbonyl (C=O) groups excluding carboxylic acids is 7. The minimum Gasteiger partial charge on any atom is -0.481 e. The predicted octanol–water partition coefficient (Wildman–Crippen LogP) is -4.44. The van der Waals surface area contributed by atoms with Crippen LogP contribution in [0.5, 0.6) is 0 Å². The second-order valence-corrected chi connectivity index (χ2v) is 12.2. The van der Waals surface area contributed by atoms with E-state index in [0.717, 1.165) is 0 Å². The Kier molecular flexibility index (Phi) is 17.1. The Hall–Kier alpha value is -5.63. The van der Waals surface area contributed by atoms with Gasteiger partial charge in [0.15, 0.2) is 0 Å². The van der Waals surface area contributed by atoms with Gasteiger partial charge in [-0.05, 0) is 24.3 Å². The number of likely N-dealkylation sites (tertiary alicyclic amines) is 1. The molecule has 7 amide bonds. The number of nitrogens with one attached hydrogen (secondary N) is 6. The highest BCUT2D eigenvalue weighted by Crippen LogP contribution is 2.18. The van der Waals surface area contributed by atoms with Crippen molar-refractivity contribution in [2.24, 2.45) is 11.7 Å². The predicted molar refractivity (Wildman–Crippen MR) is 179 cm³/mol. The fourth-order valence-corrected chi connectivity index (χ4v) is 5.16. The molecule has 1 aliphatic heterocycles. The molecule has 1 aromatic rings. The first kappa shape index (κ1) is 42.5. The first-order chi connectivity index (χ1) is 24.6. The molecule has 0 bridgehead atoms. The lowest BCUT2D eigenvalue weighted by atomic mass is 10.0. The Balaban J connectivity index is 1.98. The molecule has 0 radical (unpaired) electrons. The number of nitrogens with two attached hydrogens (primary N) is 1. The van der Waals surface area contributed by atoms with Crippen LogP contribution in [0.25, 0.3) is 0 Å². The maximum Gasteiger partial charge on any atom is 0.326 e. The standard InChI is InChI=1S/C32H46N8O12/c1-17(2)27(32(51)52)39-30(49)19(11-18-7-4-3-5-8-18)37-31(50)22-9-6-10-40(22)25(44)15-34-24(43)14-35-28(47)21(16-41)38-29(48)20(12-26(45)46)36-23(42)13-33/h3-5,7-8,17,19-22,27,41H,6,9-16,33H2,1-2H3,(H,34,43)(H,35,47)(H,36,42)(H,37,50)(H,38,48)(H,39,49)(H,45,46)(H,51,52)/t19-,20-,21-,22-,27-/m0/s1. The quantitative estimate of drug-likeness (QED) is 0.0606. The van der Waals surface area contributed by atoms with Gasteiger partial charge in [-0.2, -0.15) is 0 Å². The van der Waals surface area contributed by atoms with Gasteiger partial charge in [-0.15, -0.1) is 0 Å². The van der Waals surface area contributed by atoms with E-state index in [1.807, 2.05) is 0 Å². The number of hydrogen-bond acceptors (Lipinski definition) is 11. The number of carboxylic acids is 2. The van der Waals surface area contributed by atoms with Gasteiger partial charge in [0, 0.05) is 13.0 Å². The maximum atomic E-state index is 13.4. The summed E-state index contributed by atoms with van der Waals surface area (Å²) in [4.78, 5) is 113. The summed E-state index contributed by atoms with van der Waals surface area (Å²) in [5.41, 5.74) is 5.86. The number of aliphatic hydroxyl groups excluding tert-OH is 1. The van der Waals surface area contributed by atoms with Crippen molar-refractivity contribution >= 4 is 53.3 Å². The van der Waals surface area contributed by atoms with Crippen LogP contribution in [-0.2, 0) is 49.6 Å². The zero-order valence-electron chi connectivity index (χ0n) is 28.8. The summed E-state index contributed by atoms with van der Waals surface area (Å²) >= 11 is 0. The van der Waals surface area contributed by atoms with E-state index in [2.05, 4.69) is 31.9 Å². The Morgan fingerprint density at radius 1 is 0.808 bits per heavy atom. The number of aliphatic hydroxyl groups is 1. The van der Waals surface area contributed by atoms with Crippen molar-refractivity contribution in [3.8, 4) is 0 Å². The second kappa shape index (κ2) is 20.9. The van der Waals surface area contributed by atoms with Gasteiger partial charge in [0.25, 0.3) is 0 Å². The fourth-order valence-electron chi connectivity index (χ4n) is 5.16. The van der Waals surface area contributed by atoms with Crippen LogP contribution in [0.3, 0.4) is 0 Å². The van der Waals surface area contributed by atoms with Gasteiger partial charge in [-0.1, -0.05) is 44.2 Å². The highest BCUT2D eigenvalue weighted by molar-refractivity contribution is 5.96. The van der Waals surface area contributed by atoms with E-state index >= 15 is 0 Å². The summed E-state index contributed by atoms with van der Waals surface area (Å²) in [5, 5.41) is 41.9. The zero-order valence-corrected chi connectivity index (χ0v) is 28.8. The van der Waals surface area contributed by atoms with Crippen LogP contribution in [0.4, 0.5) is 0 Å². The second-order valence-electron chi connectivity index (χ2n) is 12.2. The van der Waals surface area contributed by atoms with Crippen molar-refractivity contribution in [3.63, 3.8) is 0 Å². The summed E-state index contributed by atoms with van der Waals surface area (Å²) in [6, 6.07) is 2.12. The molecule has 5 atom stereocenters. The Morgan fingerprint density at radius 2 is 1.46 bits per heavy atom. The third kappa shape index (κ3) is 13.6. The normalized spacial score (nSPS) is 16.0. The number of aliphatic carboxylic acids is 2. The van der Waals surface area contributed by atoms with Gasteiger partial charge >= 0.3 is 11.9 Å². The monoisotopic (exact) mass is 734 g/mol. The molecule has 52 heavy (non-hydrogen) atoms. The molecule has 0 aliphatic carbocycles. The Bertz CT molecular complexity index is 1470. The molecule has 286 valence electrons. The van der Waals surface area contributed by atoms with Crippen molar-refractivity contribution in [2.45, 2.75) is 69.7 Å². The molecular formula is C32H46N8O12. The molecule has 0 spiro atoms. The summed E-state index contributed by atoms with van der Waals surface area (Å²) in [6.45, 7) is 0.653. The van der Waals surface area contributed by atoms with Crippen LogP contribution in [0.2, 0.25) is 0 Å². The molecule has 1 fully saturated rings. The average molecular weight is 735 g/mol. The molecule has 20 nitrogen and oxygen atoms in total. The number of hydrogen-bond donors (Lipinski definition) is 10. The lowest BCUT2D eigenvalue weighted by molar-refractivity contribution is -0.144. The van der Waals surface area contributed by atoms with Gasteiger partial charge in [0.05, 0.1) is 32.7 Å². The lowest BCUT2D eigenvalue weighted by Gasteiger charge is -2.27. The van der Waals surface area contributed by atoms with Crippen molar-refractivity contribution in [1.29, 1.82) is 0 Å². The molecule has 20 heteroatoms. The molecule has 1 aromatic carbocycles. The Labute approximate surface area is 298 Å². The highest BCUT2D eigenvalue weighted by atomic mass is 16.4. The minimum absolute atomic E-state index is 0.0415. The van der Waals surface area contributed by atoms with Gasteiger partial charge in [0.1, 0.15) is 30.2 Å². The van der Waals surface area contributed by atoms with Crippen LogP contribution >= 0.6 is 0 Å². The van der Waals surface area contributed by atoms with E-state index in [0.29, 0.717) is 12.0 Å². The van der Waals surface area contributed by atoms with Gasteiger partial charge < -0.3 is 57.9 Å². The summed E-state index contributed by atoms with van der Waals surface area (Å²) in [5.74, 6) is -8.97. The van der Waals surface area contributed by atoms with Crippen molar-refractivity contribution in [1.82, 2.24) is 36.8 Å². The van der Waals surface area contributed by atoms with E-state index in [1.165, 1.54) is 4.90 Å². The number of carbonyl (C=O) groups is 9. The largest absolute Gasteiger partial charge is 0.481 e. The van der Waals surface area contributed by atoms with Crippen molar-refractivity contribution in [2.75, 3.05) is 32.8 Å².